The summed E-state index contributed by atoms with van der Waals surface area (Å²) in [5.41, 5.74) is 3.11. The van der Waals surface area contributed by atoms with Gasteiger partial charge in [0.1, 0.15) is 31.5 Å². The van der Waals surface area contributed by atoms with Crippen molar-refractivity contribution in [1.29, 1.82) is 0 Å². The number of ether oxygens (including phenoxy) is 2. The highest BCUT2D eigenvalue weighted by Gasteiger charge is 2.31. The summed E-state index contributed by atoms with van der Waals surface area (Å²) in [6.45, 7) is 5.01. The number of aromatic nitrogens is 2. The van der Waals surface area contributed by atoms with E-state index in [1.807, 2.05) is 18.4 Å². The Morgan fingerprint density at radius 3 is 3.00 bits per heavy atom. The van der Waals surface area contributed by atoms with Gasteiger partial charge in [-0.05, 0) is 25.1 Å². The number of nitrogens with zero attached hydrogens (tertiary/aromatic N) is 2. The number of fused-ring (bicyclic) bond motifs is 2. The topological polar surface area (TPSA) is 57.3 Å². The molecule has 1 saturated heterocycles. The number of quaternary nitrogens is 1. The maximum atomic E-state index is 12.5. The molecule has 0 spiro atoms. The zero-order chi connectivity index (χ0) is 18.4. The largest absolute Gasteiger partial charge is 0.486 e. The molecule has 1 aromatic carbocycles. The Labute approximate surface area is 161 Å². The minimum atomic E-state index is 0.0169. The van der Waals surface area contributed by atoms with E-state index in [1.165, 1.54) is 28.2 Å². The van der Waals surface area contributed by atoms with Crippen LogP contribution in [0, 0.1) is 6.92 Å². The van der Waals surface area contributed by atoms with Crippen LogP contribution in [0.3, 0.4) is 0 Å². The maximum Gasteiger partial charge on any atom is 0.259 e. The van der Waals surface area contributed by atoms with Crippen LogP contribution in [0.25, 0.3) is 4.96 Å². The molecule has 4 heterocycles. The molecule has 1 fully saturated rings. The first-order chi connectivity index (χ1) is 13.2. The van der Waals surface area contributed by atoms with E-state index in [0.717, 1.165) is 47.4 Å². The normalized spacial score (nSPS) is 21.7. The Bertz CT molecular complexity index is 1060. The molecule has 0 aliphatic carbocycles. The van der Waals surface area contributed by atoms with E-state index in [-0.39, 0.29) is 5.56 Å². The van der Waals surface area contributed by atoms with Gasteiger partial charge in [-0.1, -0.05) is 0 Å². The van der Waals surface area contributed by atoms with Crippen molar-refractivity contribution < 1.29 is 14.4 Å². The van der Waals surface area contributed by atoms with Gasteiger partial charge in [0.2, 0.25) is 0 Å². The van der Waals surface area contributed by atoms with Crippen LogP contribution in [0.5, 0.6) is 11.5 Å². The Hall–Kier alpha value is -2.38. The lowest BCUT2D eigenvalue weighted by Gasteiger charge is -2.24. The highest BCUT2D eigenvalue weighted by molar-refractivity contribution is 7.15. The molecule has 1 N–H and O–H groups in total. The highest BCUT2D eigenvalue weighted by atomic mass is 32.1. The van der Waals surface area contributed by atoms with E-state index in [4.69, 9.17) is 14.5 Å². The summed E-state index contributed by atoms with van der Waals surface area (Å²) in [6, 6.07) is 8.38. The summed E-state index contributed by atoms with van der Waals surface area (Å²) >= 11 is 1.52. The van der Waals surface area contributed by atoms with Crippen LogP contribution in [0.4, 0.5) is 0 Å². The molecule has 2 atom stereocenters. The summed E-state index contributed by atoms with van der Waals surface area (Å²) in [6.07, 6.45) is 2.31. The average molecular weight is 384 g/mol. The quantitative estimate of drug-likeness (QED) is 0.748. The molecule has 140 valence electrons. The lowest BCUT2D eigenvalue weighted by molar-refractivity contribution is -0.932. The summed E-state index contributed by atoms with van der Waals surface area (Å²) < 4.78 is 13.1. The van der Waals surface area contributed by atoms with Crippen LogP contribution >= 0.6 is 11.3 Å². The first-order valence-corrected chi connectivity index (χ1v) is 10.3. The van der Waals surface area contributed by atoms with E-state index in [2.05, 4.69) is 12.1 Å². The molecular formula is C20H22N3O3S+. The summed E-state index contributed by atoms with van der Waals surface area (Å²) in [5, 5.41) is 1.98. The molecule has 2 aromatic heterocycles. The Morgan fingerprint density at radius 2 is 2.11 bits per heavy atom. The maximum absolute atomic E-state index is 12.5. The van der Waals surface area contributed by atoms with E-state index < -0.39 is 0 Å². The fraction of sp³-hybridized carbons (Fsp3) is 0.400. The predicted molar refractivity (Wildman–Crippen MR) is 103 cm³/mol. The number of benzene rings is 1. The van der Waals surface area contributed by atoms with Crippen molar-refractivity contribution in [2.24, 2.45) is 0 Å². The van der Waals surface area contributed by atoms with Gasteiger partial charge in [0.15, 0.2) is 16.5 Å². The number of nitrogens with one attached hydrogen (secondary N) is 1. The Morgan fingerprint density at radius 1 is 1.26 bits per heavy atom. The summed E-state index contributed by atoms with van der Waals surface area (Å²) in [7, 11) is 0. The van der Waals surface area contributed by atoms with Gasteiger partial charge in [-0.15, -0.1) is 11.3 Å². The molecule has 0 saturated carbocycles. The summed E-state index contributed by atoms with van der Waals surface area (Å²) in [5.74, 6) is 1.68. The van der Waals surface area contributed by atoms with Crippen LogP contribution in [0.1, 0.15) is 35.8 Å². The van der Waals surface area contributed by atoms with Crippen molar-refractivity contribution >= 4 is 16.3 Å². The second kappa shape index (κ2) is 6.65. The number of likely N-dealkylation sites (tertiary alicyclic amines) is 1. The molecule has 0 bridgehead atoms. The molecule has 3 aromatic rings. The molecular weight excluding hydrogens is 362 g/mol. The van der Waals surface area contributed by atoms with Crippen LogP contribution in [0.15, 0.2) is 34.4 Å². The zero-order valence-corrected chi connectivity index (χ0v) is 16.1. The number of hydrogen-bond donors (Lipinski definition) is 1. The molecule has 0 radical (unpaired) electrons. The molecule has 0 amide bonds. The molecule has 5 rings (SSSR count). The second-order valence-corrected chi connectivity index (χ2v) is 8.10. The van der Waals surface area contributed by atoms with E-state index in [9.17, 15) is 4.79 Å². The van der Waals surface area contributed by atoms with Crippen LogP contribution in [-0.4, -0.2) is 29.1 Å². The monoisotopic (exact) mass is 384 g/mol. The first-order valence-electron chi connectivity index (χ1n) is 9.40. The van der Waals surface area contributed by atoms with Crippen LogP contribution in [0.2, 0.25) is 0 Å². The number of thiazole rings is 1. The van der Waals surface area contributed by atoms with Gasteiger partial charge < -0.3 is 14.4 Å². The Kier molecular flexibility index (Phi) is 4.13. The second-order valence-electron chi connectivity index (χ2n) is 7.26. The molecule has 27 heavy (non-hydrogen) atoms. The fourth-order valence-electron chi connectivity index (χ4n) is 4.23. The van der Waals surface area contributed by atoms with Crippen molar-refractivity contribution in [2.75, 3.05) is 19.8 Å². The van der Waals surface area contributed by atoms with Gasteiger partial charge in [0.25, 0.3) is 5.56 Å². The van der Waals surface area contributed by atoms with Crippen molar-refractivity contribution in [3.8, 4) is 11.5 Å². The first kappa shape index (κ1) is 16.8. The van der Waals surface area contributed by atoms with Gasteiger partial charge in [0, 0.05) is 35.5 Å². The third kappa shape index (κ3) is 3.00. The molecule has 2 aliphatic heterocycles. The van der Waals surface area contributed by atoms with Gasteiger partial charge in [-0.3, -0.25) is 9.20 Å². The molecule has 2 aliphatic rings. The fourth-order valence-corrected chi connectivity index (χ4v) is 5.12. The zero-order valence-electron chi connectivity index (χ0n) is 15.2. The lowest BCUT2D eigenvalue weighted by atomic mass is 10.0. The van der Waals surface area contributed by atoms with E-state index in [1.54, 1.807) is 10.5 Å². The van der Waals surface area contributed by atoms with Gasteiger partial charge in [0.05, 0.1) is 6.54 Å². The third-order valence-electron chi connectivity index (χ3n) is 5.49. The van der Waals surface area contributed by atoms with Crippen molar-refractivity contribution in [1.82, 2.24) is 9.38 Å². The van der Waals surface area contributed by atoms with Crippen LogP contribution < -0.4 is 19.9 Å². The van der Waals surface area contributed by atoms with Gasteiger partial charge in [-0.2, -0.15) is 0 Å². The number of hydrogen-bond acceptors (Lipinski definition) is 5. The van der Waals surface area contributed by atoms with Crippen molar-refractivity contribution in [3.05, 3.63) is 57.0 Å². The predicted octanol–water partition coefficient (Wildman–Crippen LogP) is 1.76. The standard InChI is InChI=1S/C20H21N3O3S/c1-13-12-27-20-21-15(10-19(24)23(13)20)11-22-6-2-3-16(22)14-4-5-17-18(9-14)26-8-7-25-17/h4-5,9-10,12,16H,2-3,6-8,11H2,1H3/p+1/t16-/m0/s1. The van der Waals surface area contributed by atoms with Crippen molar-refractivity contribution in [2.45, 2.75) is 32.4 Å². The Balaban J connectivity index is 1.42. The van der Waals surface area contributed by atoms with Gasteiger partial charge >= 0.3 is 0 Å². The van der Waals surface area contributed by atoms with Crippen LogP contribution in [-0.2, 0) is 6.54 Å². The lowest BCUT2D eigenvalue weighted by Crippen LogP contribution is -3.09. The van der Waals surface area contributed by atoms with E-state index in [0.29, 0.717) is 19.3 Å². The minimum absolute atomic E-state index is 0.0169. The molecule has 7 heteroatoms. The average Bonchev–Trinajstić information content (AvgIpc) is 3.28. The van der Waals surface area contributed by atoms with Gasteiger partial charge in [-0.25, -0.2) is 4.98 Å². The number of aryl methyl sites for hydroxylation is 1. The number of rotatable bonds is 3. The minimum Gasteiger partial charge on any atom is -0.486 e. The molecule has 6 nitrogen and oxygen atoms in total. The van der Waals surface area contributed by atoms with E-state index >= 15 is 0 Å². The molecule has 1 unspecified atom stereocenters. The SMILES string of the molecule is Cc1csc2nc(C[NH+]3CCC[C@H]3c3ccc4c(c3)OCCO4)cc(=O)n12. The highest BCUT2D eigenvalue weighted by Crippen LogP contribution is 2.33. The summed E-state index contributed by atoms with van der Waals surface area (Å²) in [4.78, 5) is 19.4. The van der Waals surface area contributed by atoms with Crippen molar-refractivity contribution in [3.63, 3.8) is 0 Å². The third-order valence-corrected chi connectivity index (χ3v) is 6.43. The smallest absolute Gasteiger partial charge is 0.259 e.